The lowest BCUT2D eigenvalue weighted by Crippen LogP contribution is -2.30. The highest BCUT2D eigenvalue weighted by Gasteiger charge is 2.18. The van der Waals surface area contributed by atoms with Gasteiger partial charge >= 0.3 is 0 Å². The van der Waals surface area contributed by atoms with E-state index in [1.807, 2.05) is 0 Å². The number of hydrogen-bond acceptors (Lipinski definition) is 6. The number of rotatable bonds is 7. The summed E-state index contributed by atoms with van der Waals surface area (Å²) in [6, 6.07) is 1.33. The van der Waals surface area contributed by atoms with Crippen LogP contribution >= 0.6 is 0 Å². The lowest BCUT2D eigenvalue weighted by Gasteiger charge is -2.07. The summed E-state index contributed by atoms with van der Waals surface area (Å²) in [5.41, 5.74) is 0.262. The Morgan fingerprint density at radius 2 is 2.09 bits per heavy atom. The monoisotopic (exact) mass is 338 g/mol. The molecule has 124 valence electrons. The quantitative estimate of drug-likeness (QED) is 0.589. The fourth-order valence-electron chi connectivity index (χ4n) is 1.87. The van der Waals surface area contributed by atoms with Gasteiger partial charge in [0.25, 0.3) is 5.91 Å². The summed E-state index contributed by atoms with van der Waals surface area (Å²) in [4.78, 5) is 20.1. The van der Waals surface area contributed by atoms with Crippen molar-refractivity contribution in [2.45, 2.75) is 4.90 Å². The molecule has 2 aromatic rings. The number of hydrogen-bond donors (Lipinski definition) is 3. The molecule has 23 heavy (non-hydrogen) atoms. The molecular formula is C13H18N6O3S. The van der Waals surface area contributed by atoms with Crippen LogP contribution in [-0.2, 0) is 17.1 Å². The molecule has 3 N–H and O–H groups in total. The second-order valence-corrected chi connectivity index (χ2v) is 6.54. The van der Waals surface area contributed by atoms with Gasteiger partial charge in [0.1, 0.15) is 16.4 Å². The fourth-order valence-corrected chi connectivity index (χ4v) is 2.67. The van der Waals surface area contributed by atoms with E-state index in [9.17, 15) is 13.2 Å². The number of amides is 1. The van der Waals surface area contributed by atoms with Crippen LogP contribution in [0, 0.1) is 0 Å². The number of aromatic nitrogens is 3. The van der Waals surface area contributed by atoms with Crippen LogP contribution in [0.1, 0.15) is 10.5 Å². The van der Waals surface area contributed by atoms with Crippen LogP contribution in [-0.4, -0.2) is 49.0 Å². The number of sulfonamides is 1. The Hall–Kier alpha value is -2.46. The molecule has 1 amide bonds. The van der Waals surface area contributed by atoms with E-state index >= 15 is 0 Å². The summed E-state index contributed by atoms with van der Waals surface area (Å²) in [5, 5.41) is 5.71. The Balaban J connectivity index is 1.91. The Kier molecular flexibility index (Phi) is 5.29. The molecule has 9 nitrogen and oxygen atoms in total. The second kappa shape index (κ2) is 7.20. The smallest absolute Gasteiger partial charge is 0.268 e. The predicted molar refractivity (Wildman–Crippen MR) is 84.5 cm³/mol. The minimum absolute atomic E-state index is 0.0466. The van der Waals surface area contributed by atoms with E-state index in [4.69, 9.17) is 0 Å². The van der Waals surface area contributed by atoms with Crippen molar-refractivity contribution in [3.05, 3.63) is 36.5 Å². The van der Waals surface area contributed by atoms with E-state index in [0.29, 0.717) is 18.9 Å². The molecule has 0 fully saturated rings. The fraction of sp³-hybridized carbons (Fsp3) is 0.308. The predicted octanol–water partition coefficient (Wildman–Crippen LogP) is -0.435. The van der Waals surface area contributed by atoms with Crippen molar-refractivity contribution >= 4 is 21.7 Å². The minimum atomic E-state index is -3.57. The van der Waals surface area contributed by atoms with Gasteiger partial charge in [-0.15, -0.1) is 0 Å². The summed E-state index contributed by atoms with van der Waals surface area (Å²) in [6.07, 6.45) is 6.10. The number of nitrogens with zero attached hydrogens (tertiary/aromatic N) is 3. The zero-order chi connectivity index (χ0) is 16.9. The van der Waals surface area contributed by atoms with Crippen LogP contribution in [0.5, 0.6) is 0 Å². The van der Waals surface area contributed by atoms with Crippen LogP contribution in [0.4, 0.5) is 5.82 Å². The zero-order valence-electron chi connectivity index (χ0n) is 12.8. The third-order valence-corrected chi connectivity index (χ3v) is 4.45. The normalized spacial score (nSPS) is 11.2. The molecule has 0 aliphatic carbocycles. The first-order valence-corrected chi connectivity index (χ1v) is 8.30. The van der Waals surface area contributed by atoms with Gasteiger partial charge in [0.2, 0.25) is 10.0 Å². The van der Waals surface area contributed by atoms with E-state index in [0.717, 1.165) is 0 Å². The summed E-state index contributed by atoms with van der Waals surface area (Å²) >= 11 is 0. The highest BCUT2D eigenvalue weighted by atomic mass is 32.2. The number of anilines is 1. The Bertz CT molecular complexity index is 772. The van der Waals surface area contributed by atoms with E-state index < -0.39 is 10.0 Å². The second-order valence-electron chi connectivity index (χ2n) is 4.65. The SMILES string of the molecule is CNS(=O)(=O)c1cc(C(=O)NCCNc2cnccn2)n(C)c1. The molecule has 2 heterocycles. The number of nitrogens with one attached hydrogen (secondary N) is 3. The van der Waals surface area contributed by atoms with E-state index in [-0.39, 0.29) is 16.5 Å². The molecule has 0 aliphatic rings. The Morgan fingerprint density at radius 1 is 1.30 bits per heavy atom. The summed E-state index contributed by atoms with van der Waals surface area (Å²) < 4.78 is 27.1. The molecule has 0 atom stereocenters. The lowest BCUT2D eigenvalue weighted by molar-refractivity contribution is 0.0947. The van der Waals surface area contributed by atoms with Crippen molar-refractivity contribution < 1.29 is 13.2 Å². The van der Waals surface area contributed by atoms with Gasteiger partial charge in [-0.25, -0.2) is 18.1 Å². The Labute approximate surface area is 134 Å². The molecule has 0 aliphatic heterocycles. The Morgan fingerprint density at radius 3 is 2.74 bits per heavy atom. The number of carbonyl (C=O) groups is 1. The van der Waals surface area contributed by atoms with Crippen molar-refractivity contribution in [3.63, 3.8) is 0 Å². The van der Waals surface area contributed by atoms with Gasteiger partial charge < -0.3 is 15.2 Å². The lowest BCUT2D eigenvalue weighted by atomic mass is 10.4. The third kappa shape index (κ3) is 4.27. The molecule has 0 radical (unpaired) electrons. The summed E-state index contributed by atoms with van der Waals surface area (Å²) in [5.74, 6) is 0.258. The molecule has 0 unspecified atom stereocenters. The molecule has 10 heteroatoms. The van der Waals surface area contributed by atoms with Crippen LogP contribution in [0.25, 0.3) is 0 Å². The maximum atomic E-state index is 12.1. The summed E-state index contributed by atoms with van der Waals surface area (Å²) in [6.45, 7) is 0.825. The van der Waals surface area contributed by atoms with E-state index in [2.05, 4.69) is 25.3 Å². The van der Waals surface area contributed by atoms with Crippen molar-refractivity contribution in [2.24, 2.45) is 7.05 Å². The molecule has 0 bridgehead atoms. The maximum absolute atomic E-state index is 12.1. The summed E-state index contributed by atoms with van der Waals surface area (Å²) in [7, 11) is -0.641. The van der Waals surface area contributed by atoms with Crippen LogP contribution in [0.3, 0.4) is 0 Å². The first kappa shape index (κ1) is 16.9. The molecule has 0 saturated carbocycles. The molecule has 2 rings (SSSR count). The molecule has 2 aromatic heterocycles. The van der Waals surface area contributed by atoms with Gasteiger partial charge in [-0.2, -0.15) is 0 Å². The first-order valence-electron chi connectivity index (χ1n) is 6.82. The van der Waals surface area contributed by atoms with Crippen molar-refractivity contribution in [1.29, 1.82) is 0 Å². The third-order valence-electron chi connectivity index (χ3n) is 3.07. The van der Waals surface area contributed by atoms with Crippen molar-refractivity contribution in [2.75, 3.05) is 25.5 Å². The maximum Gasteiger partial charge on any atom is 0.268 e. The average Bonchev–Trinajstić information content (AvgIpc) is 2.95. The largest absolute Gasteiger partial charge is 0.367 e. The molecule has 0 saturated heterocycles. The average molecular weight is 338 g/mol. The van der Waals surface area contributed by atoms with E-state index in [1.54, 1.807) is 25.6 Å². The van der Waals surface area contributed by atoms with Gasteiger partial charge in [-0.05, 0) is 13.1 Å². The van der Waals surface area contributed by atoms with Gasteiger partial charge in [-0.3, -0.25) is 9.78 Å². The van der Waals surface area contributed by atoms with Crippen molar-refractivity contribution in [3.8, 4) is 0 Å². The van der Waals surface area contributed by atoms with E-state index in [1.165, 1.54) is 23.9 Å². The van der Waals surface area contributed by atoms with Gasteiger partial charge in [0, 0.05) is 38.7 Å². The highest BCUT2D eigenvalue weighted by molar-refractivity contribution is 7.89. The number of carbonyl (C=O) groups excluding carboxylic acids is 1. The van der Waals surface area contributed by atoms with Crippen LogP contribution in [0.15, 0.2) is 35.7 Å². The highest BCUT2D eigenvalue weighted by Crippen LogP contribution is 2.12. The topological polar surface area (TPSA) is 118 Å². The minimum Gasteiger partial charge on any atom is -0.367 e. The van der Waals surface area contributed by atoms with Crippen molar-refractivity contribution in [1.82, 2.24) is 24.6 Å². The molecule has 0 aromatic carbocycles. The van der Waals surface area contributed by atoms with Gasteiger partial charge in [0.05, 0.1) is 6.20 Å². The molecular weight excluding hydrogens is 320 g/mol. The first-order chi connectivity index (χ1) is 10.9. The van der Waals surface area contributed by atoms with Gasteiger partial charge in [0.15, 0.2) is 0 Å². The van der Waals surface area contributed by atoms with Crippen LogP contribution in [0.2, 0.25) is 0 Å². The molecule has 0 spiro atoms. The number of aryl methyl sites for hydroxylation is 1. The standard InChI is InChI=1S/C13H18N6O3S/c1-14-23(21,22)10-7-11(19(2)9-10)13(20)18-6-5-17-12-8-15-3-4-16-12/h3-4,7-9,14H,5-6H2,1-2H3,(H,16,17)(H,18,20). The van der Waals surface area contributed by atoms with Crippen LogP contribution < -0.4 is 15.4 Å². The zero-order valence-corrected chi connectivity index (χ0v) is 13.6. The van der Waals surface area contributed by atoms with Gasteiger partial charge in [-0.1, -0.05) is 0 Å².